The zero-order valence-corrected chi connectivity index (χ0v) is 16.6. The summed E-state index contributed by atoms with van der Waals surface area (Å²) in [6, 6.07) is -1.20. The second-order valence-electron chi connectivity index (χ2n) is 7.42. The molecule has 0 radical (unpaired) electrons. The SMILES string of the molecule is CCC1C[C@H](C(=O)NC(C(C)O)C2O[C@H](SC)C(O)[C@H](O)[C@H]2O)N(C)C1. The maximum Gasteiger partial charge on any atom is 0.237 e. The molecule has 26 heavy (non-hydrogen) atoms. The van der Waals surface area contributed by atoms with Gasteiger partial charge in [0.2, 0.25) is 5.91 Å². The van der Waals surface area contributed by atoms with Crippen molar-refractivity contribution < 1.29 is 30.0 Å². The molecule has 2 fully saturated rings. The van der Waals surface area contributed by atoms with Crippen LogP contribution >= 0.6 is 11.8 Å². The van der Waals surface area contributed by atoms with E-state index < -0.39 is 42.0 Å². The predicted molar refractivity (Wildman–Crippen MR) is 98.6 cm³/mol. The first-order valence-corrected chi connectivity index (χ1v) is 10.4. The van der Waals surface area contributed by atoms with Crippen LogP contribution < -0.4 is 5.32 Å². The number of aliphatic hydroxyl groups excluding tert-OH is 4. The zero-order valence-electron chi connectivity index (χ0n) is 15.8. The summed E-state index contributed by atoms with van der Waals surface area (Å²) in [7, 11) is 1.90. The molecule has 5 unspecified atom stereocenters. The Labute approximate surface area is 158 Å². The van der Waals surface area contributed by atoms with Crippen molar-refractivity contribution in [2.75, 3.05) is 19.8 Å². The molecule has 2 heterocycles. The number of carbonyl (C=O) groups excluding carboxylic acids is 1. The minimum absolute atomic E-state index is 0.230. The highest BCUT2D eigenvalue weighted by atomic mass is 32.2. The average molecular weight is 393 g/mol. The van der Waals surface area contributed by atoms with Gasteiger partial charge in [-0.2, -0.15) is 0 Å². The lowest BCUT2D eigenvalue weighted by Crippen LogP contribution is -2.65. The number of amides is 1. The summed E-state index contributed by atoms with van der Waals surface area (Å²) >= 11 is 1.19. The quantitative estimate of drug-likeness (QED) is 0.380. The summed E-state index contributed by atoms with van der Waals surface area (Å²) < 4.78 is 5.70. The second-order valence-corrected chi connectivity index (χ2v) is 8.35. The third-order valence-electron chi connectivity index (χ3n) is 5.54. The zero-order chi connectivity index (χ0) is 19.6. The molecule has 9 heteroatoms. The number of carbonyl (C=O) groups is 1. The highest BCUT2D eigenvalue weighted by Gasteiger charge is 2.48. The van der Waals surface area contributed by atoms with E-state index in [1.54, 1.807) is 6.26 Å². The van der Waals surface area contributed by atoms with Crippen LogP contribution in [-0.2, 0) is 9.53 Å². The molecule has 0 spiro atoms. The summed E-state index contributed by atoms with van der Waals surface area (Å²) in [5.74, 6) is 0.224. The van der Waals surface area contributed by atoms with Gasteiger partial charge in [0.05, 0.1) is 18.2 Å². The average Bonchev–Trinajstić information content (AvgIpc) is 2.99. The number of thioether (sulfide) groups is 1. The van der Waals surface area contributed by atoms with Crippen LogP contribution in [0.1, 0.15) is 26.7 Å². The normalized spacial score (nSPS) is 41.0. The number of likely N-dealkylation sites (tertiary alicyclic amines) is 1. The Morgan fingerprint density at radius 3 is 2.46 bits per heavy atom. The Bertz CT molecular complexity index is 480. The van der Waals surface area contributed by atoms with Gasteiger partial charge in [0.15, 0.2) is 0 Å². The number of ether oxygens (including phenoxy) is 1. The number of hydrogen-bond acceptors (Lipinski definition) is 8. The topological polar surface area (TPSA) is 122 Å². The number of aliphatic hydroxyl groups is 4. The molecule has 2 rings (SSSR count). The van der Waals surface area contributed by atoms with Crippen molar-refractivity contribution >= 4 is 17.7 Å². The Morgan fingerprint density at radius 2 is 1.96 bits per heavy atom. The van der Waals surface area contributed by atoms with Crippen molar-refractivity contribution in [2.24, 2.45) is 5.92 Å². The first-order valence-electron chi connectivity index (χ1n) is 9.12. The van der Waals surface area contributed by atoms with E-state index in [1.165, 1.54) is 18.7 Å². The van der Waals surface area contributed by atoms with Crippen molar-refractivity contribution in [3.05, 3.63) is 0 Å². The van der Waals surface area contributed by atoms with Crippen molar-refractivity contribution in [3.8, 4) is 0 Å². The summed E-state index contributed by atoms with van der Waals surface area (Å²) in [5, 5.41) is 43.4. The molecule has 0 aromatic carbocycles. The fraction of sp³-hybridized carbons (Fsp3) is 0.941. The van der Waals surface area contributed by atoms with Crippen molar-refractivity contribution in [1.82, 2.24) is 10.2 Å². The van der Waals surface area contributed by atoms with Crippen molar-refractivity contribution in [1.29, 1.82) is 0 Å². The third kappa shape index (κ3) is 4.52. The molecule has 152 valence electrons. The Balaban J connectivity index is 2.11. The largest absolute Gasteiger partial charge is 0.391 e. The molecule has 8 nitrogen and oxygen atoms in total. The molecular formula is C17H32N2O6S. The van der Waals surface area contributed by atoms with Gasteiger partial charge in [0.1, 0.15) is 29.9 Å². The van der Waals surface area contributed by atoms with Crippen LogP contribution in [0.25, 0.3) is 0 Å². The lowest BCUT2D eigenvalue weighted by atomic mass is 9.92. The second kappa shape index (κ2) is 9.18. The van der Waals surface area contributed by atoms with Crippen LogP contribution in [0.15, 0.2) is 0 Å². The van der Waals surface area contributed by atoms with Gasteiger partial charge in [-0.15, -0.1) is 11.8 Å². The van der Waals surface area contributed by atoms with E-state index in [0.717, 1.165) is 19.4 Å². The Morgan fingerprint density at radius 1 is 1.31 bits per heavy atom. The molecule has 0 bridgehead atoms. The van der Waals surface area contributed by atoms with Gasteiger partial charge in [-0.25, -0.2) is 0 Å². The van der Waals surface area contributed by atoms with Crippen LogP contribution in [0, 0.1) is 5.92 Å². The van der Waals surface area contributed by atoms with Gasteiger partial charge in [-0.1, -0.05) is 13.3 Å². The van der Waals surface area contributed by atoms with Gasteiger partial charge < -0.3 is 30.5 Å². The van der Waals surface area contributed by atoms with E-state index in [0.29, 0.717) is 5.92 Å². The lowest BCUT2D eigenvalue weighted by molar-refractivity contribution is -0.211. The van der Waals surface area contributed by atoms with E-state index in [4.69, 9.17) is 4.74 Å². The third-order valence-corrected chi connectivity index (χ3v) is 6.39. The molecule has 0 aromatic heterocycles. The number of nitrogens with one attached hydrogen (secondary N) is 1. The maximum atomic E-state index is 12.8. The Kier molecular flexibility index (Phi) is 7.73. The highest BCUT2D eigenvalue weighted by Crippen LogP contribution is 2.30. The lowest BCUT2D eigenvalue weighted by Gasteiger charge is -2.44. The van der Waals surface area contributed by atoms with Crippen molar-refractivity contribution in [2.45, 2.75) is 74.7 Å². The number of hydrogen-bond donors (Lipinski definition) is 5. The van der Waals surface area contributed by atoms with Crippen molar-refractivity contribution in [3.63, 3.8) is 0 Å². The van der Waals surface area contributed by atoms with E-state index in [-0.39, 0.29) is 11.9 Å². The molecule has 2 saturated heterocycles. The summed E-state index contributed by atoms with van der Waals surface area (Å²) in [4.78, 5) is 14.8. The number of likely N-dealkylation sites (N-methyl/N-ethyl adjacent to an activating group) is 1. The van der Waals surface area contributed by atoms with Crippen LogP contribution in [0.2, 0.25) is 0 Å². The summed E-state index contributed by atoms with van der Waals surface area (Å²) in [5.41, 5.74) is -0.754. The van der Waals surface area contributed by atoms with Crippen LogP contribution in [0.3, 0.4) is 0 Å². The van der Waals surface area contributed by atoms with Gasteiger partial charge in [-0.3, -0.25) is 9.69 Å². The first-order chi connectivity index (χ1) is 12.2. The van der Waals surface area contributed by atoms with Crippen LogP contribution in [0.4, 0.5) is 0 Å². The fourth-order valence-corrected chi connectivity index (χ4v) is 4.49. The monoisotopic (exact) mass is 392 g/mol. The molecule has 2 aliphatic rings. The van der Waals surface area contributed by atoms with Gasteiger partial charge in [0, 0.05) is 6.54 Å². The minimum Gasteiger partial charge on any atom is -0.391 e. The van der Waals surface area contributed by atoms with Gasteiger partial charge in [-0.05, 0) is 32.6 Å². The highest BCUT2D eigenvalue weighted by molar-refractivity contribution is 7.99. The van der Waals surface area contributed by atoms with Gasteiger partial charge in [0.25, 0.3) is 0 Å². The van der Waals surface area contributed by atoms with E-state index in [1.807, 2.05) is 11.9 Å². The van der Waals surface area contributed by atoms with E-state index in [2.05, 4.69) is 12.2 Å². The molecule has 2 aliphatic heterocycles. The summed E-state index contributed by atoms with van der Waals surface area (Å²) in [6.45, 7) is 4.44. The maximum absolute atomic E-state index is 12.8. The smallest absolute Gasteiger partial charge is 0.237 e. The molecular weight excluding hydrogens is 360 g/mol. The summed E-state index contributed by atoms with van der Waals surface area (Å²) in [6.07, 6.45) is -2.65. The Hall–Kier alpha value is -0.420. The number of rotatable bonds is 6. The fourth-order valence-electron chi connectivity index (χ4n) is 3.81. The molecule has 1 amide bonds. The molecule has 0 aliphatic carbocycles. The molecule has 5 N–H and O–H groups in total. The molecule has 0 saturated carbocycles. The molecule has 9 atom stereocenters. The first kappa shape index (κ1) is 21.9. The standard InChI is InChI=1S/C17H32N2O6S/c1-5-9-6-10(19(3)7-9)16(24)18-11(8(2)20)15-13(22)12(21)14(23)17(25-15)26-4/h8-15,17,20-23H,5-7H2,1-4H3,(H,18,24)/t8?,9?,10-,11?,12-,13-,14?,15?,17-/m1/s1. The van der Waals surface area contributed by atoms with Gasteiger partial charge >= 0.3 is 0 Å². The molecule has 0 aromatic rings. The van der Waals surface area contributed by atoms with Crippen LogP contribution in [0.5, 0.6) is 0 Å². The minimum atomic E-state index is -1.42. The van der Waals surface area contributed by atoms with Crippen LogP contribution in [-0.4, -0.2) is 99.1 Å². The number of nitrogens with zero attached hydrogens (tertiary/aromatic N) is 1. The van der Waals surface area contributed by atoms with E-state index in [9.17, 15) is 25.2 Å². The predicted octanol–water partition coefficient (Wildman–Crippen LogP) is -1.25. The van der Waals surface area contributed by atoms with E-state index >= 15 is 0 Å².